The first-order chi connectivity index (χ1) is 11.1. The maximum absolute atomic E-state index is 11.8. The second-order valence-corrected chi connectivity index (χ2v) is 7.86. The minimum absolute atomic E-state index is 0.00968. The van der Waals surface area contributed by atoms with Crippen LogP contribution < -0.4 is 0 Å². The Balaban J connectivity index is 3.72. The number of carbonyl (C=O) groups excluding carboxylic acids is 2. The van der Waals surface area contributed by atoms with Crippen LogP contribution in [0.25, 0.3) is 0 Å². The van der Waals surface area contributed by atoms with Crippen LogP contribution in [0.5, 0.6) is 0 Å². The van der Waals surface area contributed by atoms with Gasteiger partial charge in [-0.15, -0.1) is 0 Å². The summed E-state index contributed by atoms with van der Waals surface area (Å²) in [5, 5.41) is 0.664. The fourth-order valence-corrected chi connectivity index (χ4v) is 3.41. The van der Waals surface area contributed by atoms with Crippen LogP contribution in [0.1, 0.15) is 97.8 Å². The zero-order valence-electron chi connectivity index (χ0n) is 15.4. The molecule has 0 aliphatic heterocycles. The number of hydrogen-bond acceptors (Lipinski definition) is 4. The van der Waals surface area contributed by atoms with Crippen molar-refractivity contribution in [2.45, 2.75) is 109 Å². The monoisotopic (exact) mass is 344 g/mol. The molecule has 0 rings (SSSR count). The van der Waals surface area contributed by atoms with Crippen LogP contribution in [0.4, 0.5) is 0 Å². The normalized spacial score (nSPS) is 13.5. The molecule has 0 aliphatic rings. The van der Waals surface area contributed by atoms with Gasteiger partial charge in [0.2, 0.25) is 0 Å². The van der Waals surface area contributed by atoms with Gasteiger partial charge in [0, 0.05) is 11.7 Å². The summed E-state index contributed by atoms with van der Waals surface area (Å²) in [7, 11) is 0. The van der Waals surface area contributed by atoms with E-state index >= 15 is 0 Å². The zero-order valence-corrected chi connectivity index (χ0v) is 16.2. The lowest BCUT2D eigenvalue weighted by Crippen LogP contribution is -2.13. The molecule has 0 fully saturated rings. The van der Waals surface area contributed by atoms with Gasteiger partial charge in [0.25, 0.3) is 6.47 Å². The van der Waals surface area contributed by atoms with Gasteiger partial charge in [-0.2, -0.15) is 0 Å². The molecule has 136 valence electrons. The summed E-state index contributed by atoms with van der Waals surface area (Å²) in [5.41, 5.74) is 0. The minimum atomic E-state index is -0.00968. The largest absolute Gasteiger partial charge is 0.465 e. The third-order valence-electron chi connectivity index (χ3n) is 4.19. The Morgan fingerprint density at radius 3 is 2.22 bits per heavy atom. The van der Waals surface area contributed by atoms with Gasteiger partial charge < -0.3 is 4.74 Å². The molecular formula is C19H36O3S. The van der Waals surface area contributed by atoms with E-state index in [1.807, 2.05) is 0 Å². The van der Waals surface area contributed by atoms with Crippen molar-refractivity contribution in [3.05, 3.63) is 0 Å². The van der Waals surface area contributed by atoms with E-state index in [9.17, 15) is 9.59 Å². The van der Waals surface area contributed by atoms with Crippen molar-refractivity contribution in [1.82, 2.24) is 0 Å². The van der Waals surface area contributed by atoms with Crippen LogP contribution in [0.3, 0.4) is 0 Å². The van der Waals surface area contributed by atoms with Crippen molar-refractivity contribution in [3.63, 3.8) is 0 Å². The first kappa shape index (κ1) is 22.5. The first-order valence-electron chi connectivity index (χ1n) is 9.42. The van der Waals surface area contributed by atoms with E-state index in [2.05, 4.69) is 20.8 Å². The van der Waals surface area contributed by atoms with Crippen LogP contribution in [0, 0.1) is 0 Å². The molecule has 4 heteroatoms. The molecule has 0 saturated heterocycles. The first-order valence-corrected chi connectivity index (χ1v) is 10.3. The fourth-order valence-electron chi connectivity index (χ4n) is 2.53. The van der Waals surface area contributed by atoms with Crippen LogP contribution in [0.15, 0.2) is 0 Å². The van der Waals surface area contributed by atoms with Crippen LogP contribution in [-0.2, 0) is 14.3 Å². The SMILES string of the molecule is CCCCCCCCCC(CCCC(=O)SC(C)CC)OC=O. The Morgan fingerprint density at radius 1 is 1.00 bits per heavy atom. The third kappa shape index (κ3) is 14.8. The van der Waals surface area contributed by atoms with Crippen molar-refractivity contribution >= 4 is 23.3 Å². The van der Waals surface area contributed by atoms with Crippen LogP contribution in [0.2, 0.25) is 0 Å². The predicted octanol–water partition coefficient (Wildman–Crippen LogP) is 5.90. The Bertz CT molecular complexity index is 294. The third-order valence-corrected chi connectivity index (χ3v) is 5.39. The van der Waals surface area contributed by atoms with E-state index in [0.717, 1.165) is 32.1 Å². The molecular weight excluding hydrogens is 308 g/mol. The number of rotatable bonds is 16. The molecule has 0 aromatic heterocycles. The molecule has 0 aromatic carbocycles. The lowest BCUT2D eigenvalue weighted by Gasteiger charge is -2.15. The van der Waals surface area contributed by atoms with Gasteiger partial charge >= 0.3 is 0 Å². The average molecular weight is 345 g/mol. The summed E-state index contributed by atoms with van der Waals surface area (Å²) in [5.74, 6) is 0. The summed E-state index contributed by atoms with van der Waals surface area (Å²) in [4.78, 5) is 22.4. The Hall–Kier alpha value is -0.510. The van der Waals surface area contributed by atoms with Crippen molar-refractivity contribution in [3.8, 4) is 0 Å². The summed E-state index contributed by atoms with van der Waals surface area (Å²) in [6.07, 6.45) is 13.0. The summed E-state index contributed by atoms with van der Waals surface area (Å²) in [6, 6.07) is 0. The molecule has 23 heavy (non-hydrogen) atoms. The number of hydrogen-bond donors (Lipinski definition) is 0. The van der Waals surface area contributed by atoms with Gasteiger partial charge in [-0.05, 0) is 32.1 Å². The molecule has 0 heterocycles. The smallest absolute Gasteiger partial charge is 0.293 e. The van der Waals surface area contributed by atoms with E-state index in [1.54, 1.807) is 0 Å². The fraction of sp³-hybridized carbons (Fsp3) is 0.895. The minimum Gasteiger partial charge on any atom is -0.465 e. The molecule has 0 amide bonds. The Labute approximate surface area is 147 Å². The van der Waals surface area contributed by atoms with Gasteiger partial charge in [-0.3, -0.25) is 9.59 Å². The van der Waals surface area contributed by atoms with Gasteiger partial charge in [-0.1, -0.05) is 71.1 Å². The van der Waals surface area contributed by atoms with Gasteiger partial charge in [0.05, 0.1) is 0 Å². The maximum atomic E-state index is 11.8. The molecule has 2 unspecified atom stereocenters. The highest BCUT2D eigenvalue weighted by molar-refractivity contribution is 8.14. The standard InChI is InChI=1S/C19H36O3S/c1-4-6-7-8-9-10-11-13-18(22-16-20)14-12-15-19(21)23-17(3)5-2/h16-18H,4-15H2,1-3H3. The van der Waals surface area contributed by atoms with Gasteiger partial charge in [0.1, 0.15) is 6.10 Å². The Morgan fingerprint density at radius 2 is 1.61 bits per heavy atom. The summed E-state index contributed by atoms with van der Waals surface area (Å²) in [6.45, 7) is 6.97. The van der Waals surface area contributed by atoms with Crippen LogP contribution in [-0.4, -0.2) is 22.9 Å². The van der Waals surface area contributed by atoms with Crippen molar-refractivity contribution in [2.75, 3.05) is 0 Å². The number of unbranched alkanes of at least 4 members (excludes halogenated alkanes) is 6. The highest BCUT2D eigenvalue weighted by Gasteiger charge is 2.12. The highest BCUT2D eigenvalue weighted by Crippen LogP contribution is 2.20. The molecule has 0 spiro atoms. The second-order valence-electron chi connectivity index (χ2n) is 6.37. The zero-order chi connectivity index (χ0) is 17.3. The van der Waals surface area contributed by atoms with E-state index in [1.165, 1.54) is 50.3 Å². The van der Waals surface area contributed by atoms with E-state index in [4.69, 9.17) is 4.74 Å². The highest BCUT2D eigenvalue weighted by atomic mass is 32.2. The molecule has 0 aliphatic carbocycles. The van der Waals surface area contributed by atoms with Crippen LogP contribution >= 0.6 is 11.8 Å². The van der Waals surface area contributed by atoms with Gasteiger partial charge in [0.15, 0.2) is 5.12 Å². The second kappa shape index (κ2) is 16.4. The molecule has 3 nitrogen and oxygen atoms in total. The summed E-state index contributed by atoms with van der Waals surface area (Å²) < 4.78 is 5.17. The van der Waals surface area contributed by atoms with Gasteiger partial charge in [-0.25, -0.2) is 0 Å². The molecule has 2 atom stereocenters. The average Bonchev–Trinajstić information content (AvgIpc) is 2.53. The van der Waals surface area contributed by atoms with E-state index in [-0.39, 0.29) is 11.2 Å². The quantitative estimate of drug-likeness (QED) is 0.258. The van der Waals surface area contributed by atoms with E-state index in [0.29, 0.717) is 18.1 Å². The number of thioether (sulfide) groups is 1. The lowest BCUT2D eigenvalue weighted by atomic mass is 10.0. The molecule has 0 aromatic rings. The Kier molecular flexibility index (Phi) is 16.0. The summed E-state index contributed by atoms with van der Waals surface area (Å²) >= 11 is 1.45. The number of ether oxygens (including phenoxy) is 1. The topological polar surface area (TPSA) is 43.4 Å². The molecule has 0 N–H and O–H groups in total. The van der Waals surface area contributed by atoms with Crippen molar-refractivity contribution in [2.24, 2.45) is 0 Å². The molecule has 0 radical (unpaired) electrons. The predicted molar refractivity (Wildman–Crippen MR) is 99.7 cm³/mol. The number of carbonyl (C=O) groups is 2. The molecule has 0 bridgehead atoms. The van der Waals surface area contributed by atoms with Crippen molar-refractivity contribution < 1.29 is 14.3 Å². The maximum Gasteiger partial charge on any atom is 0.293 e. The molecule has 0 saturated carbocycles. The van der Waals surface area contributed by atoms with E-state index < -0.39 is 0 Å². The lowest BCUT2D eigenvalue weighted by molar-refractivity contribution is -0.134. The van der Waals surface area contributed by atoms with Crippen molar-refractivity contribution in [1.29, 1.82) is 0 Å².